The second-order valence-corrected chi connectivity index (χ2v) is 10.2. The van der Waals surface area contributed by atoms with E-state index in [1.165, 1.54) is 30.5 Å². The van der Waals surface area contributed by atoms with Gasteiger partial charge >= 0.3 is 0 Å². The highest BCUT2D eigenvalue weighted by atomic mass is 16.1. The monoisotopic (exact) mass is 483 g/mol. The molecular formula is C28H33N7O. The third-order valence-electron chi connectivity index (χ3n) is 7.81. The first-order valence-electron chi connectivity index (χ1n) is 13.1. The third-order valence-corrected chi connectivity index (χ3v) is 7.81. The molecule has 8 nitrogen and oxygen atoms in total. The largest absolute Gasteiger partial charge is 0.369 e. The number of para-hydroxylation sites is 1. The molecule has 1 aliphatic heterocycles. The van der Waals surface area contributed by atoms with Gasteiger partial charge in [0.2, 0.25) is 0 Å². The SMILES string of the molecule is Cc1ccc2[nH]c(=O)c([C@@H](c3nnnn3C3CCCCC3)N3CCN(c4ccccc4)CC3)cc2c1. The highest BCUT2D eigenvalue weighted by Gasteiger charge is 2.34. The molecule has 2 aliphatic rings. The standard InChI is InChI=1S/C28H33N7O/c1-20-12-13-25-21(18-20)19-24(28(36)29-25)26(27-30-31-32-35(27)23-10-6-3-7-11-23)34-16-14-33(15-17-34)22-8-4-2-5-9-22/h2,4-5,8-9,12-13,18-19,23,26H,3,6-7,10-11,14-17H2,1H3,(H,29,36)/t26-/m0/s1. The predicted molar refractivity (Wildman–Crippen MR) is 141 cm³/mol. The van der Waals surface area contributed by atoms with Crippen molar-refractivity contribution in [3.63, 3.8) is 0 Å². The van der Waals surface area contributed by atoms with Crippen molar-refractivity contribution in [3.8, 4) is 0 Å². The molecule has 1 atom stereocenters. The molecule has 2 aromatic heterocycles. The number of fused-ring (bicyclic) bond motifs is 1. The van der Waals surface area contributed by atoms with Crippen LogP contribution < -0.4 is 10.5 Å². The van der Waals surface area contributed by atoms with Crippen LogP contribution >= 0.6 is 0 Å². The summed E-state index contributed by atoms with van der Waals surface area (Å²) in [5, 5.41) is 14.2. The maximum atomic E-state index is 13.5. The first kappa shape index (κ1) is 22.9. The fraction of sp³-hybridized carbons (Fsp3) is 0.429. The fourth-order valence-electron chi connectivity index (χ4n) is 5.89. The van der Waals surface area contributed by atoms with Gasteiger partial charge in [-0.2, -0.15) is 0 Å². The minimum absolute atomic E-state index is 0.0694. The van der Waals surface area contributed by atoms with E-state index in [9.17, 15) is 4.79 Å². The number of hydrogen-bond donors (Lipinski definition) is 1. The zero-order chi connectivity index (χ0) is 24.5. The topological polar surface area (TPSA) is 82.9 Å². The molecule has 2 fully saturated rings. The van der Waals surface area contributed by atoms with Crippen molar-refractivity contribution in [2.45, 2.75) is 51.1 Å². The van der Waals surface area contributed by atoms with Crippen molar-refractivity contribution in [2.24, 2.45) is 0 Å². The number of nitrogens with one attached hydrogen (secondary N) is 1. The molecule has 4 aromatic rings. The van der Waals surface area contributed by atoms with E-state index in [4.69, 9.17) is 0 Å². The number of nitrogens with zero attached hydrogens (tertiary/aromatic N) is 6. The number of anilines is 1. The summed E-state index contributed by atoms with van der Waals surface area (Å²) >= 11 is 0. The van der Waals surface area contributed by atoms with Crippen LogP contribution in [-0.2, 0) is 0 Å². The molecule has 0 bridgehead atoms. The van der Waals surface area contributed by atoms with Gasteiger partial charge in [0, 0.05) is 42.9 Å². The summed E-state index contributed by atoms with van der Waals surface area (Å²) in [4.78, 5) is 21.4. The molecule has 186 valence electrons. The molecular weight excluding hydrogens is 450 g/mol. The van der Waals surface area contributed by atoms with Crippen molar-refractivity contribution in [2.75, 3.05) is 31.1 Å². The van der Waals surface area contributed by atoms with Crippen LogP contribution in [0.1, 0.15) is 61.1 Å². The number of tetrazole rings is 1. The quantitative estimate of drug-likeness (QED) is 0.457. The number of benzene rings is 2. The summed E-state index contributed by atoms with van der Waals surface area (Å²) < 4.78 is 2.02. The summed E-state index contributed by atoms with van der Waals surface area (Å²) in [5.74, 6) is 0.785. The minimum atomic E-state index is -0.298. The lowest BCUT2D eigenvalue weighted by Gasteiger charge is -2.40. The third kappa shape index (κ3) is 4.41. The Bertz CT molecular complexity index is 1380. The maximum Gasteiger partial charge on any atom is 0.253 e. The molecule has 1 aliphatic carbocycles. The number of aromatic nitrogens is 5. The maximum absolute atomic E-state index is 13.5. The van der Waals surface area contributed by atoms with Gasteiger partial charge in [-0.15, -0.1) is 5.10 Å². The highest BCUT2D eigenvalue weighted by Crippen LogP contribution is 2.33. The van der Waals surface area contributed by atoms with E-state index >= 15 is 0 Å². The van der Waals surface area contributed by atoms with Crippen LogP contribution in [0, 0.1) is 6.92 Å². The average molecular weight is 484 g/mol. The van der Waals surface area contributed by atoms with E-state index in [0.29, 0.717) is 11.6 Å². The Kier molecular flexibility index (Phi) is 6.27. The lowest BCUT2D eigenvalue weighted by Crippen LogP contribution is -2.49. The second-order valence-electron chi connectivity index (χ2n) is 10.2. The predicted octanol–water partition coefficient (Wildman–Crippen LogP) is 4.24. The van der Waals surface area contributed by atoms with Gasteiger partial charge in [-0.1, -0.05) is 49.1 Å². The normalized spacial score (nSPS) is 18.5. The lowest BCUT2D eigenvalue weighted by atomic mass is 9.95. The average Bonchev–Trinajstić information content (AvgIpc) is 3.40. The Balaban J connectivity index is 1.40. The summed E-state index contributed by atoms with van der Waals surface area (Å²) in [6.07, 6.45) is 5.82. The van der Waals surface area contributed by atoms with Crippen molar-refractivity contribution in [1.29, 1.82) is 0 Å². The van der Waals surface area contributed by atoms with E-state index in [2.05, 4.69) is 79.7 Å². The van der Waals surface area contributed by atoms with Gasteiger partial charge < -0.3 is 9.88 Å². The highest BCUT2D eigenvalue weighted by molar-refractivity contribution is 5.79. The van der Waals surface area contributed by atoms with Gasteiger partial charge in [0.25, 0.3) is 5.56 Å². The Morgan fingerprint density at radius 3 is 2.50 bits per heavy atom. The zero-order valence-electron chi connectivity index (χ0n) is 20.8. The summed E-state index contributed by atoms with van der Waals surface area (Å²) in [5.41, 5.74) is 3.90. The number of hydrogen-bond acceptors (Lipinski definition) is 6. The number of aryl methyl sites for hydroxylation is 1. The van der Waals surface area contributed by atoms with Crippen molar-refractivity contribution < 1.29 is 0 Å². The Hall–Kier alpha value is -3.52. The molecule has 1 saturated heterocycles. The molecule has 8 heteroatoms. The molecule has 6 rings (SSSR count). The molecule has 0 spiro atoms. The number of aromatic amines is 1. The molecule has 36 heavy (non-hydrogen) atoms. The van der Waals surface area contributed by atoms with Crippen molar-refractivity contribution >= 4 is 16.6 Å². The summed E-state index contributed by atoms with van der Waals surface area (Å²) in [6, 6.07) is 18.7. The smallest absolute Gasteiger partial charge is 0.253 e. The van der Waals surface area contributed by atoms with Gasteiger partial charge in [0.1, 0.15) is 6.04 Å². The summed E-state index contributed by atoms with van der Waals surface area (Å²) in [6.45, 7) is 5.49. The van der Waals surface area contributed by atoms with Crippen LogP contribution in [0.4, 0.5) is 5.69 Å². The van der Waals surface area contributed by atoms with E-state index in [1.54, 1.807) is 0 Å². The van der Waals surface area contributed by atoms with Crippen LogP contribution in [0.25, 0.3) is 10.9 Å². The summed E-state index contributed by atoms with van der Waals surface area (Å²) in [7, 11) is 0. The molecule has 3 heterocycles. The van der Waals surface area contributed by atoms with Gasteiger partial charge in [0.15, 0.2) is 5.82 Å². The number of H-pyrrole nitrogens is 1. The van der Waals surface area contributed by atoms with E-state index < -0.39 is 0 Å². The molecule has 0 amide bonds. The Morgan fingerprint density at radius 1 is 0.944 bits per heavy atom. The van der Waals surface area contributed by atoms with Crippen molar-refractivity contribution in [3.05, 3.63) is 81.9 Å². The van der Waals surface area contributed by atoms with Crippen LogP contribution in [0.15, 0.2) is 59.4 Å². The lowest BCUT2D eigenvalue weighted by molar-refractivity contribution is 0.192. The fourth-order valence-corrected chi connectivity index (χ4v) is 5.89. The first-order valence-corrected chi connectivity index (χ1v) is 13.1. The van der Waals surface area contributed by atoms with Gasteiger partial charge in [-0.3, -0.25) is 9.69 Å². The van der Waals surface area contributed by atoms with Gasteiger partial charge in [0.05, 0.1) is 6.04 Å². The minimum Gasteiger partial charge on any atom is -0.369 e. The van der Waals surface area contributed by atoms with Crippen LogP contribution in [-0.4, -0.2) is 56.3 Å². The molecule has 1 N–H and O–H groups in total. The van der Waals surface area contributed by atoms with E-state index in [0.717, 1.165) is 55.7 Å². The number of pyridine rings is 1. The van der Waals surface area contributed by atoms with Crippen LogP contribution in [0.3, 0.4) is 0 Å². The van der Waals surface area contributed by atoms with Gasteiger partial charge in [-0.05, 0) is 65.9 Å². The molecule has 1 saturated carbocycles. The number of piperazine rings is 1. The Morgan fingerprint density at radius 2 is 1.72 bits per heavy atom. The van der Waals surface area contributed by atoms with E-state index in [1.807, 2.05) is 16.8 Å². The molecule has 2 aromatic carbocycles. The van der Waals surface area contributed by atoms with Gasteiger partial charge in [-0.25, -0.2) is 4.68 Å². The Labute approximate surface area is 210 Å². The molecule has 0 unspecified atom stereocenters. The molecule has 0 radical (unpaired) electrons. The van der Waals surface area contributed by atoms with Crippen LogP contribution in [0.5, 0.6) is 0 Å². The number of rotatable bonds is 5. The van der Waals surface area contributed by atoms with Crippen molar-refractivity contribution in [1.82, 2.24) is 30.1 Å². The van der Waals surface area contributed by atoms with E-state index in [-0.39, 0.29) is 11.6 Å². The van der Waals surface area contributed by atoms with Crippen LogP contribution in [0.2, 0.25) is 0 Å². The first-order chi connectivity index (χ1) is 17.7. The zero-order valence-corrected chi connectivity index (χ0v) is 20.8. The second kappa shape index (κ2) is 9.85.